The highest BCUT2D eigenvalue weighted by atomic mass is 16.7. The second-order valence-corrected chi connectivity index (χ2v) is 8.70. The van der Waals surface area contributed by atoms with Gasteiger partial charge in [-0.25, -0.2) is 4.52 Å². The van der Waals surface area contributed by atoms with Crippen molar-refractivity contribution in [2.45, 2.75) is 71.2 Å². The van der Waals surface area contributed by atoms with Crippen LogP contribution in [0.5, 0.6) is 5.75 Å². The minimum atomic E-state index is -0.504. The molecule has 4 rings (SSSR count). The van der Waals surface area contributed by atoms with Crippen molar-refractivity contribution >= 4 is 18.1 Å². The number of hydrogen-bond acceptors (Lipinski definition) is 5. The third kappa shape index (κ3) is 3.01. The summed E-state index contributed by atoms with van der Waals surface area (Å²) in [6.45, 7) is 10.2. The van der Waals surface area contributed by atoms with E-state index in [1.165, 1.54) is 19.3 Å². The van der Waals surface area contributed by atoms with Crippen molar-refractivity contribution in [3.05, 3.63) is 24.0 Å². The number of hydrogen-bond donors (Lipinski definition) is 0. The van der Waals surface area contributed by atoms with Gasteiger partial charge in [-0.05, 0) is 59.4 Å². The molecule has 0 radical (unpaired) electrons. The van der Waals surface area contributed by atoms with Gasteiger partial charge in [-0.2, -0.15) is 10.4 Å². The molecule has 2 aliphatic rings. The molecule has 2 aromatic rings. The lowest BCUT2D eigenvalue weighted by molar-refractivity contribution is 0.00578. The maximum absolute atomic E-state index is 9.46. The van der Waals surface area contributed by atoms with Gasteiger partial charge >= 0.3 is 7.12 Å². The van der Waals surface area contributed by atoms with Crippen LogP contribution < -0.4 is 10.2 Å². The number of rotatable bonds is 4. The maximum Gasteiger partial charge on any atom is 0.496 e. The molecule has 0 aromatic carbocycles. The topological polar surface area (TPSA) is 68.8 Å². The Bertz CT molecular complexity index is 895. The van der Waals surface area contributed by atoms with Crippen molar-refractivity contribution in [2.75, 3.05) is 0 Å². The lowest BCUT2D eigenvalue weighted by atomic mass is 9.80. The average Bonchev–Trinajstić information content (AvgIpc) is 3.03. The first-order valence-corrected chi connectivity index (χ1v) is 9.65. The number of aromatic nitrogens is 2. The molecule has 0 bridgehead atoms. The van der Waals surface area contributed by atoms with Crippen LogP contribution in [0, 0.1) is 17.2 Å². The Kier molecular flexibility index (Phi) is 4.24. The maximum atomic E-state index is 9.46. The number of fused-ring (bicyclic) bond motifs is 1. The summed E-state index contributed by atoms with van der Waals surface area (Å²) in [6, 6.07) is 4.15. The monoisotopic (exact) mass is 367 g/mol. The van der Waals surface area contributed by atoms with Crippen molar-refractivity contribution < 1.29 is 14.0 Å². The Morgan fingerprint density at radius 3 is 2.52 bits per heavy atom. The molecule has 1 saturated carbocycles. The first-order valence-electron chi connectivity index (χ1n) is 9.65. The molecule has 2 aromatic heterocycles. The summed E-state index contributed by atoms with van der Waals surface area (Å²) in [6.07, 6.45) is 7.18. The van der Waals surface area contributed by atoms with Crippen LogP contribution in [0.4, 0.5) is 0 Å². The van der Waals surface area contributed by atoms with Crippen LogP contribution >= 0.6 is 0 Å². The molecule has 6 nitrogen and oxygen atoms in total. The Balaban J connectivity index is 1.74. The summed E-state index contributed by atoms with van der Waals surface area (Å²) in [5, 5.41) is 13.8. The fourth-order valence-corrected chi connectivity index (χ4v) is 3.59. The Hall–Kier alpha value is -2.04. The zero-order chi connectivity index (χ0) is 19.4. The van der Waals surface area contributed by atoms with Crippen molar-refractivity contribution in [3.63, 3.8) is 0 Å². The van der Waals surface area contributed by atoms with E-state index >= 15 is 0 Å². The standard InChI is InChI=1S/C20H26BN3O3/c1-13(14-7-6-8-14)25-17-9-16(12-24-18(17)15(10-22)11-23-24)21-26-19(2,3)20(4,5)27-21/h9,11-14H,6-8H2,1-5H3/t13-/m1/s1. The van der Waals surface area contributed by atoms with E-state index in [9.17, 15) is 5.26 Å². The lowest BCUT2D eigenvalue weighted by Crippen LogP contribution is -2.41. The molecule has 1 saturated heterocycles. The second kappa shape index (κ2) is 6.25. The van der Waals surface area contributed by atoms with Crippen LogP contribution in [0.25, 0.3) is 5.52 Å². The smallest absolute Gasteiger partial charge is 0.488 e. The summed E-state index contributed by atoms with van der Waals surface area (Å²) < 4.78 is 20.4. The molecular weight excluding hydrogens is 341 g/mol. The van der Waals surface area contributed by atoms with Crippen molar-refractivity contribution in [2.24, 2.45) is 5.92 Å². The number of nitrogens with zero attached hydrogens (tertiary/aromatic N) is 3. The van der Waals surface area contributed by atoms with Crippen LogP contribution in [0.3, 0.4) is 0 Å². The summed E-state index contributed by atoms with van der Waals surface area (Å²) in [5.41, 5.74) is 1.20. The van der Waals surface area contributed by atoms with Crippen LogP contribution in [0.15, 0.2) is 18.5 Å². The van der Waals surface area contributed by atoms with Gasteiger partial charge in [-0.1, -0.05) is 6.42 Å². The molecule has 1 atom stereocenters. The van der Waals surface area contributed by atoms with E-state index in [1.807, 2.05) is 40.0 Å². The van der Waals surface area contributed by atoms with Crippen LogP contribution in [-0.4, -0.2) is 34.0 Å². The van der Waals surface area contributed by atoms with E-state index < -0.39 is 18.3 Å². The predicted octanol–water partition coefficient (Wildman–Crippen LogP) is 3.07. The van der Waals surface area contributed by atoms with E-state index in [4.69, 9.17) is 14.0 Å². The van der Waals surface area contributed by atoms with Gasteiger partial charge in [-0.3, -0.25) is 0 Å². The fourth-order valence-electron chi connectivity index (χ4n) is 3.59. The molecule has 2 fully saturated rings. The zero-order valence-corrected chi connectivity index (χ0v) is 16.7. The van der Waals surface area contributed by atoms with Crippen LogP contribution in [0.2, 0.25) is 0 Å². The number of ether oxygens (including phenoxy) is 1. The summed E-state index contributed by atoms with van der Waals surface area (Å²) in [4.78, 5) is 0. The highest BCUT2D eigenvalue weighted by Gasteiger charge is 2.52. The van der Waals surface area contributed by atoms with E-state index in [0.29, 0.717) is 22.7 Å². The highest BCUT2D eigenvalue weighted by molar-refractivity contribution is 6.62. The second-order valence-electron chi connectivity index (χ2n) is 8.70. The quantitative estimate of drug-likeness (QED) is 0.777. The first-order chi connectivity index (χ1) is 12.7. The number of nitriles is 1. The van der Waals surface area contributed by atoms with Crippen molar-refractivity contribution in [1.29, 1.82) is 5.26 Å². The highest BCUT2D eigenvalue weighted by Crippen LogP contribution is 2.37. The van der Waals surface area contributed by atoms with Gasteiger partial charge < -0.3 is 14.0 Å². The molecule has 0 N–H and O–H groups in total. The Morgan fingerprint density at radius 1 is 1.30 bits per heavy atom. The fraction of sp³-hybridized carbons (Fsp3) is 0.600. The van der Waals surface area contributed by atoms with Gasteiger partial charge in [0, 0.05) is 11.7 Å². The van der Waals surface area contributed by atoms with Gasteiger partial charge in [0.2, 0.25) is 0 Å². The summed E-state index contributed by atoms with van der Waals surface area (Å²) in [5.74, 6) is 1.23. The third-order valence-electron chi connectivity index (χ3n) is 6.37. The first kappa shape index (κ1) is 18.3. The third-order valence-corrected chi connectivity index (χ3v) is 6.37. The Morgan fingerprint density at radius 2 is 1.96 bits per heavy atom. The van der Waals surface area contributed by atoms with E-state index in [0.717, 1.165) is 5.46 Å². The van der Waals surface area contributed by atoms with E-state index in [-0.39, 0.29) is 6.10 Å². The van der Waals surface area contributed by atoms with Gasteiger partial charge in [0.05, 0.1) is 23.5 Å². The SMILES string of the molecule is C[C@@H](Oc1cc(B2OC(C)(C)C(C)(C)O2)cn2ncc(C#N)c12)C1CCC1. The number of pyridine rings is 1. The van der Waals surface area contributed by atoms with Crippen LogP contribution in [0.1, 0.15) is 59.4 Å². The van der Waals surface area contributed by atoms with Crippen LogP contribution in [-0.2, 0) is 9.31 Å². The molecule has 1 aliphatic heterocycles. The molecule has 3 heterocycles. The molecule has 0 spiro atoms. The summed E-state index contributed by atoms with van der Waals surface area (Å²) >= 11 is 0. The van der Waals surface area contributed by atoms with Gasteiger partial charge in [0.25, 0.3) is 0 Å². The molecule has 0 unspecified atom stereocenters. The predicted molar refractivity (Wildman–Crippen MR) is 103 cm³/mol. The van der Waals surface area contributed by atoms with Crippen molar-refractivity contribution in [1.82, 2.24) is 9.61 Å². The summed E-state index contributed by atoms with van der Waals surface area (Å²) in [7, 11) is -0.504. The molecular formula is C20H26BN3O3. The minimum absolute atomic E-state index is 0.0949. The normalized spacial score (nSPS) is 22.4. The van der Waals surface area contributed by atoms with E-state index in [1.54, 1.807) is 10.7 Å². The largest absolute Gasteiger partial charge is 0.496 e. The zero-order valence-electron chi connectivity index (χ0n) is 16.7. The van der Waals surface area contributed by atoms with Crippen molar-refractivity contribution in [3.8, 4) is 11.8 Å². The molecule has 7 heteroatoms. The molecule has 0 amide bonds. The molecule has 1 aliphatic carbocycles. The molecule has 142 valence electrons. The van der Waals surface area contributed by atoms with Gasteiger partial charge in [0.15, 0.2) is 0 Å². The average molecular weight is 367 g/mol. The lowest BCUT2D eigenvalue weighted by Gasteiger charge is -2.32. The minimum Gasteiger partial charge on any atom is -0.488 e. The van der Waals surface area contributed by atoms with Gasteiger partial charge in [0.1, 0.15) is 22.9 Å². The molecule has 27 heavy (non-hydrogen) atoms. The van der Waals surface area contributed by atoms with E-state index in [2.05, 4.69) is 18.1 Å². The Labute approximate surface area is 160 Å². The van der Waals surface area contributed by atoms with Gasteiger partial charge in [-0.15, -0.1) is 0 Å².